The minimum Gasteiger partial charge on any atom is -0.389 e. The van der Waals surface area contributed by atoms with Crippen LogP contribution in [0.1, 0.15) is 32.6 Å². The molecule has 2 N–H and O–H groups in total. The Morgan fingerprint density at radius 2 is 2.33 bits per heavy atom. The van der Waals surface area contributed by atoms with Crippen LogP contribution in [0.2, 0.25) is 0 Å². The molecule has 2 heteroatoms. The van der Waals surface area contributed by atoms with E-state index >= 15 is 0 Å². The molecule has 0 radical (unpaired) electrons. The van der Waals surface area contributed by atoms with Crippen molar-refractivity contribution in [3.63, 3.8) is 0 Å². The molecule has 2 heterocycles. The van der Waals surface area contributed by atoms with Crippen LogP contribution in [0, 0.1) is 0 Å². The van der Waals surface area contributed by atoms with Crippen molar-refractivity contribution in [2.24, 2.45) is 0 Å². The molecule has 0 aromatic heterocycles. The number of nitrogens with one attached hydrogen (secondary N) is 1. The lowest BCUT2D eigenvalue weighted by atomic mass is 9.97. The van der Waals surface area contributed by atoms with Crippen molar-refractivity contribution in [1.29, 1.82) is 0 Å². The summed E-state index contributed by atoms with van der Waals surface area (Å²) in [5.41, 5.74) is 1.22. The van der Waals surface area contributed by atoms with Crippen molar-refractivity contribution in [3.05, 3.63) is 11.6 Å². The lowest BCUT2D eigenvalue weighted by Crippen LogP contribution is -2.32. The normalized spacial score (nSPS) is 37.3. The molecule has 68 valence electrons. The first-order valence-corrected chi connectivity index (χ1v) is 4.91. The summed E-state index contributed by atoms with van der Waals surface area (Å²) in [5, 5.41) is 13.1. The fraction of sp³-hybridized carbons (Fsp3) is 0.800. The molecule has 12 heavy (non-hydrogen) atoms. The monoisotopic (exact) mass is 167 g/mol. The van der Waals surface area contributed by atoms with Gasteiger partial charge in [0.2, 0.25) is 0 Å². The number of allylic oxidation sites excluding steroid dienone is 1. The Kier molecular flexibility index (Phi) is 2.20. The van der Waals surface area contributed by atoms with Gasteiger partial charge in [-0.1, -0.05) is 6.08 Å². The Morgan fingerprint density at radius 3 is 3.08 bits per heavy atom. The molecule has 0 unspecified atom stereocenters. The highest BCUT2D eigenvalue weighted by Gasteiger charge is 2.29. The number of hydrogen-bond acceptors (Lipinski definition) is 2. The Bertz CT molecular complexity index is 198. The largest absolute Gasteiger partial charge is 0.389 e. The molecule has 2 rings (SSSR count). The van der Waals surface area contributed by atoms with Crippen molar-refractivity contribution >= 4 is 0 Å². The Hall–Kier alpha value is -0.340. The van der Waals surface area contributed by atoms with Gasteiger partial charge >= 0.3 is 0 Å². The smallest absolute Gasteiger partial charge is 0.0737 e. The highest BCUT2D eigenvalue weighted by atomic mass is 16.3. The van der Waals surface area contributed by atoms with Gasteiger partial charge in [0.1, 0.15) is 0 Å². The number of aliphatic hydroxyl groups is 1. The van der Waals surface area contributed by atoms with Gasteiger partial charge in [-0.15, -0.1) is 0 Å². The van der Waals surface area contributed by atoms with E-state index in [1.54, 1.807) is 0 Å². The molecule has 2 aliphatic heterocycles. The first kappa shape index (κ1) is 8.27. The predicted molar refractivity (Wildman–Crippen MR) is 48.9 cm³/mol. The summed E-state index contributed by atoms with van der Waals surface area (Å²) >= 11 is 0. The second-order valence-corrected chi connectivity index (χ2v) is 3.95. The minimum absolute atomic E-state index is 0.264. The third-order valence-electron chi connectivity index (χ3n) is 3.02. The Balaban J connectivity index is 2.15. The van der Waals surface area contributed by atoms with Gasteiger partial charge in [0.25, 0.3) is 0 Å². The molecule has 2 aliphatic rings. The lowest BCUT2D eigenvalue weighted by Gasteiger charge is -2.17. The molecule has 1 saturated heterocycles. The summed E-state index contributed by atoms with van der Waals surface area (Å²) in [6.45, 7) is 1.87. The average Bonchev–Trinajstić information content (AvgIpc) is 2.30. The molecule has 0 spiro atoms. The lowest BCUT2D eigenvalue weighted by molar-refractivity contribution is 0.221. The summed E-state index contributed by atoms with van der Waals surface area (Å²) < 4.78 is 0. The van der Waals surface area contributed by atoms with Gasteiger partial charge in [0.15, 0.2) is 0 Å². The van der Waals surface area contributed by atoms with Gasteiger partial charge in [-0.25, -0.2) is 0 Å². The molecule has 0 saturated carbocycles. The van der Waals surface area contributed by atoms with Gasteiger partial charge in [-0.05, 0) is 38.2 Å². The molecule has 0 amide bonds. The van der Waals surface area contributed by atoms with Crippen LogP contribution in [0.3, 0.4) is 0 Å². The zero-order valence-electron chi connectivity index (χ0n) is 7.59. The molecule has 0 aromatic rings. The quantitative estimate of drug-likeness (QED) is 0.575. The molecule has 2 bridgehead atoms. The van der Waals surface area contributed by atoms with Crippen LogP contribution in [-0.2, 0) is 0 Å². The maximum absolute atomic E-state index is 9.51. The van der Waals surface area contributed by atoms with E-state index in [0.29, 0.717) is 12.1 Å². The van der Waals surface area contributed by atoms with Gasteiger partial charge in [-0.3, -0.25) is 0 Å². The van der Waals surface area contributed by atoms with Crippen molar-refractivity contribution in [2.75, 3.05) is 0 Å². The Morgan fingerprint density at radius 1 is 1.50 bits per heavy atom. The topological polar surface area (TPSA) is 32.3 Å². The molecular weight excluding hydrogens is 150 g/mol. The molecule has 1 fully saturated rings. The van der Waals surface area contributed by atoms with E-state index in [1.807, 2.05) is 6.92 Å². The standard InChI is InChI=1S/C10H17NO/c1-7(12)9-4-2-3-8-5-6-10(9)11-8/h4,7-8,10-12H,2-3,5-6H2,1H3/t7-,8+,10+/m0/s1. The van der Waals surface area contributed by atoms with E-state index < -0.39 is 0 Å². The third kappa shape index (κ3) is 1.41. The predicted octanol–water partition coefficient (Wildman–Crippen LogP) is 1.21. The van der Waals surface area contributed by atoms with E-state index in [4.69, 9.17) is 0 Å². The van der Waals surface area contributed by atoms with Crippen molar-refractivity contribution < 1.29 is 5.11 Å². The van der Waals surface area contributed by atoms with Gasteiger partial charge < -0.3 is 10.4 Å². The number of rotatable bonds is 1. The number of aliphatic hydroxyl groups excluding tert-OH is 1. The maximum atomic E-state index is 9.51. The molecule has 3 atom stereocenters. The van der Waals surface area contributed by atoms with Gasteiger partial charge in [0, 0.05) is 12.1 Å². The van der Waals surface area contributed by atoms with E-state index in [0.717, 1.165) is 6.42 Å². The van der Waals surface area contributed by atoms with Crippen molar-refractivity contribution in [3.8, 4) is 0 Å². The van der Waals surface area contributed by atoms with Gasteiger partial charge in [-0.2, -0.15) is 0 Å². The van der Waals surface area contributed by atoms with E-state index in [2.05, 4.69) is 11.4 Å². The molecule has 0 aromatic carbocycles. The van der Waals surface area contributed by atoms with Crippen molar-refractivity contribution in [1.82, 2.24) is 5.32 Å². The van der Waals surface area contributed by atoms with Crippen LogP contribution >= 0.6 is 0 Å². The molecule has 2 nitrogen and oxygen atoms in total. The molecule has 0 aliphatic carbocycles. The first-order chi connectivity index (χ1) is 5.77. The van der Waals surface area contributed by atoms with Crippen LogP contribution in [0.25, 0.3) is 0 Å². The van der Waals surface area contributed by atoms with Crippen LogP contribution in [0.4, 0.5) is 0 Å². The zero-order chi connectivity index (χ0) is 8.55. The number of hydrogen-bond donors (Lipinski definition) is 2. The van der Waals surface area contributed by atoms with Gasteiger partial charge in [0.05, 0.1) is 6.10 Å². The highest BCUT2D eigenvalue weighted by Crippen LogP contribution is 2.27. The highest BCUT2D eigenvalue weighted by molar-refractivity contribution is 5.19. The molecular formula is C10H17NO. The second kappa shape index (κ2) is 3.19. The van der Waals surface area contributed by atoms with Crippen LogP contribution in [0.15, 0.2) is 11.6 Å². The van der Waals surface area contributed by atoms with Crippen LogP contribution in [-0.4, -0.2) is 23.3 Å². The summed E-state index contributed by atoms with van der Waals surface area (Å²) in [7, 11) is 0. The fourth-order valence-corrected chi connectivity index (χ4v) is 2.36. The second-order valence-electron chi connectivity index (χ2n) is 3.95. The maximum Gasteiger partial charge on any atom is 0.0737 e. The van der Waals surface area contributed by atoms with Crippen LogP contribution in [0.5, 0.6) is 0 Å². The van der Waals surface area contributed by atoms with E-state index in [9.17, 15) is 5.11 Å². The van der Waals surface area contributed by atoms with E-state index in [-0.39, 0.29) is 6.10 Å². The summed E-state index contributed by atoms with van der Waals surface area (Å²) in [4.78, 5) is 0. The summed E-state index contributed by atoms with van der Waals surface area (Å²) in [6, 6.07) is 1.18. The van der Waals surface area contributed by atoms with E-state index in [1.165, 1.54) is 24.8 Å². The van der Waals surface area contributed by atoms with Crippen molar-refractivity contribution in [2.45, 2.75) is 50.8 Å². The van der Waals surface area contributed by atoms with Crippen LogP contribution < -0.4 is 5.32 Å². The third-order valence-corrected chi connectivity index (χ3v) is 3.02. The SMILES string of the molecule is C[C@H](O)C1=CCC[C@@H]2CC[C@H]1N2. The minimum atomic E-state index is -0.264. The summed E-state index contributed by atoms with van der Waals surface area (Å²) in [6.07, 6.45) is 6.83. The first-order valence-electron chi connectivity index (χ1n) is 4.91. The fourth-order valence-electron chi connectivity index (χ4n) is 2.36. The number of fused-ring (bicyclic) bond motifs is 2. The Labute approximate surface area is 73.7 Å². The zero-order valence-corrected chi connectivity index (χ0v) is 7.59. The average molecular weight is 167 g/mol. The summed E-state index contributed by atoms with van der Waals surface area (Å²) in [5.74, 6) is 0.